The van der Waals surface area contributed by atoms with E-state index in [1.54, 1.807) is 43.4 Å². The lowest BCUT2D eigenvalue weighted by Gasteiger charge is -2.23. The molecule has 0 radical (unpaired) electrons. The van der Waals surface area contributed by atoms with Gasteiger partial charge in [0.05, 0.1) is 11.7 Å². The molecule has 1 heterocycles. The summed E-state index contributed by atoms with van der Waals surface area (Å²) in [6.07, 6.45) is 1.49. The molecule has 3 aromatic rings. The summed E-state index contributed by atoms with van der Waals surface area (Å²) in [5, 5.41) is 2.92. The van der Waals surface area contributed by atoms with Gasteiger partial charge < -0.3 is 4.57 Å². The Labute approximate surface area is 171 Å². The number of hydrogen-bond acceptors (Lipinski definition) is 4. The third kappa shape index (κ3) is 3.75. The molecule has 0 saturated carbocycles. The molecule has 152 valence electrons. The first-order valence-corrected chi connectivity index (χ1v) is 12.2. The summed E-state index contributed by atoms with van der Waals surface area (Å²) in [6.45, 7) is 5.47. The van der Waals surface area contributed by atoms with Crippen LogP contribution in [-0.4, -0.2) is 22.9 Å². The van der Waals surface area contributed by atoms with E-state index in [0.29, 0.717) is 10.6 Å². The van der Waals surface area contributed by atoms with Crippen LogP contribution in [0.5, 0.6) is 0 Å². The van der Waals surface area contributed by atoms with Gasteiger partial charge in [-0.2, -0.15) is 0 Å². The number of nitrogens with zero attached hydrogens (tertiary/aromatic N) is 3. The van der Waals surface area contributed by atoms with E-state index in [9.17, 15) is 13.9 Å². The molecule has 0 saturated heterocycles. The highest BCUT2D eigenvalue weighted by molar-refractivity contribution is 7.85. The minimum Gasteiger partial charge on any atom is -0.308 e. The van der Waals surface area contributed by atoms with Gasteiger partial charge in [-0.3, -0.25) is 9.80 Å². The monoisotopic (exact) mass is 430 g/mol. The fourth-order valence-corrected chi connectivity index (χ4v) is 7.57. The van der Waals surface area contributed by atoms with Crippen LogP contribution in [-0.2, 0) is 14.7 Å². The summed E-state index contributed by atoms with van der Waals surface area (Å²) in [5.74, 6) is 0. The highest BCUT2D eigenvalue weighted by Crippen LogP contribution is 2.41. The molecule has 0 fully saturated rings. The van der Waals surface area contributed by atoms with Crippen LogP contribution in [0.4, 0.5) is 0 Å². The molecule has 29 heavy (non-hydrogen) atoms. The number of rotatable bonds is 4. The maximum absolute atomic E-state index is 14.7. The van der Waals surface area contributed by atoms with E-state index in [1.807, 2.05) is 57.2 Å². The molecule has 0 aliphatic carbocycles. The first-order valence-electron chi connectivity index (χ1n) is 9.30. The van der Waals surface area contributed by atoms with Crippen LogP contribution >= 0.6 is 14.9 Å². The van der Waals surface area contributed by atoms with Crippen molar-refractivity contribution in [2.24, 2.45) is 0 Å². The van der Waals surface area contributed by atoms with Gasteiger partial charge in [0.1, 0.15) is 5.30 Å². The Morgan fingerprint density at radius 3 is 1.72 bits per heavy atom. The molecule has 3 rings (SSSR count). The van der Waals surface area contributed by atoms with Crippen LogP contribution in [0.15, 0.2) is 71.7 Å². The number of aromatic nitrogens is 2. The van der Waals surface area contributed by atoms with E-state index in [0.717, 1.165) is 0 Å². The van der Waals surface area contributed by atoms with Crippen LogP contribution in [0.3, 0.4) is 0 Å². The van der Waals surface area contributed by atoms with E-state index in [-0.39, 0.29) is 5.30 Å². The Bertz CT molecular complexity index is 1130. The van der Waals surface area contributed by atoms with Gasteiger partial charge in [-0.15, -0.1) is 0 Å². The third-order valence-electron chi connectivity index (χ3n) is 4.62. The van der Waals surface area contributed by atoms with E-state index in [4.69, 9.17) is 0 Å². The fourth-order valence-electron chi connectivity index (χ4n) is 3.24. The Kier molecular flexibility index (Phi) is 5.71. The molecule has 0 aliphatic heterocycles. The van der Waals surface area contributed by atoms with E-state index in [1.165, 1.54) is 15.0 Å². The number of benzene rings is 2. The van der Waals surface area contributed by atoms with Gasteiger partial charge in [0.2, 0.25) is 0 Å². The summed E-state index contributed by atoms with van der Waals surface area (Å²) in [5.41, 5.74) is -1.18. The predicted molar refractivity (Wildman–Crippen MR) is 121 cm³/mol. The second-order valence-corrected chi connectivity index (χ2v) is 12.1. The molecule has 0 amide bonds. The molecule has 0 bridgehead atoms. The average Bonchev–Trinajstić information content (AvgIpc) is 2.67. The quantitative estimate of drug-likeness (QED) is 0.597. The highest BCUT2D eigenvalue weighted by Gasteiger charge is 2.39. The minimum atomic E-state index is -3.49. The smallest absolute Gasteiger partial charge is 0.308 e. The molecule has 2 aromatic carbocycles. The van der Waals surface area contributed by atoms with Crippen molar-refractivity contribution in [3.8, 4) is 0 Å². The minimum absolute atomic E-state index is 0.146. The largest absolute Gasteiger partial charge is 0.619 e. The van der Waals surface area contributed by atoms with Gasteiger partial charge in [-0.05, 0) is 25.3 Å². The molecule has 8 heteroatoms. The molecule has 1 unspecified atom stereocenters. The topological polar surface area (TPSA) is 64.3 Å². The maximum Gasteiger partial charge on any atom is 0.619 e. The second kappa shape index (κ2) is 7.78. The summed E-state index contributed by atoms with van der Waals surface area (Å²) in [6, 6.07) is 18.0. The van der Waals surface area contributed by atoms with E-state index < -0.39 is 26.0 Å². The molecule has 0 N–H and O–H groups in total. The Hall–Kier alpha value is -2.42. The van der Waals surface area contributed by atoms with Gasteiger partial charge >= 0.3 is 13.3 Å². The molecule has 1 aromatic heterocycles. The van der Waals surface area contributed by atoms with Gasteiger partial charge in [0.15, 0.2) is 7.14 Å². The predicted octanol–water partition coefficient (Wildman–Crippen LogP) is 2.98. The lowest BCUT2D eigenvalue weighted by Crippen LogP contribution is -2.46. The van der Waals surface area contributed by atoms with Gasteiger partial charge in [0, 0.05) is 24.7 Å². The standard InChI is InChI=1S/C21H26N3O3P2/c1-21(2,3)24-20(25)19(16-23(22(4)5)28(24)26)29(27,17-12-8-6-9-13-17)18-14-10-7-11-15-18/h6-16H,1-5H3/q+1. The zero-order chi connectivity index (χ0) is 21.4. The molecule has 0 spiro atoms. The molecule has 0 aliphatic rings. The summed E-state index contributed by atoms with van der Waals surface area (Å²) in [4.78, 5) is 13.6. The Balaban J connectivity index is 2.51. The Morgan fingerprint density at radius 2 is 1.34 bits per heavy atom. The van der Waals surface area contributed by atoms with E-state index in [2.05, 4.69) is 0 Å². The van der Waals surface area contributed by atoms with Crippen molar-refractivity contribution in [1.82, 2.24) is 8.77 Å². The average molecular weight is 430 g/mol. The zero-order valence-electron chi connectivity index (χ0n) is 17.3. The van der Waals surface area contributed by atoms with Crippen LogP contribution in [0.25, 0.3) is 0 Å². The lowest BCUT2D eigenvalue weighted by atomic mass is 10.1. The van der Waals surface area contributed by atoms with Crippen molar-refractivity contribution in [2.45, 2.75) is 26.3 Å². The van der Waals surface area contributed by atoms with Crippen molar-refractivity contribution in [1.29, 1.82) is 0 Å². The Morgan fingerprint density at radius 1 is 0.897 bits per heavy atom. The highest BCUT2D eigenvalue weighted by atomic mass is 31.2. The van der Waals surface area contributed by atoms with Crippen LogP contribution < -0.4 is 26.5 Å². The zero-order valence-corrected chi connectivity index (χ0v) is 19.1. The molecule has 1 atom stereocenters. The van der Waals surface area contributed by atoms with Gasteiger partial charge in [0.25, 0.3) is 0 Å². The van der Waals surface area contributed by atoms with Crippen molar-refractivity contribution in [2.75, 3.05) is 19.1 Å². The second-order valence-electron chi connectivity index (χ2n) is 8.00. The first-order chi connectivity index (χ1) is 13.6. The fraction of sp³-hybridized carbons (Fsp3) is 0.286. The van der Waals surface area contributed by atoms with Crippen molar-refractivity contribution in [3.63, 3.8) is 0 Å². The third-order valence-corrected chi connectivity index (χ3v) is 9.60. The van der Waals surface area contributed by atoms with Crippen LogP contribution in [0.2, 0.25) is 0 Å². The summed E-state index contributed by atoms with van der Waals surface area (Å²) in [7, 11) is -2.21. The number of hydrogen-bond donors (Lipinski definition) is 0. The van der Waals surface area contributed by atoms with Gasteiger partial charge in [-0.1, -0.05) is 69.4 Å². The lowest BCUT2D eigenvalue weighted by molar-refractivity contribution is 0.404. The maximum atomic E-state index is 14.7. The van der Waals surface area contributed by atoms with Crippen LogP contribution in [0, 0.1) is 0 Å². The molecular formula is C21H26N3O3P2+. The SMILES string of the molecule is CN(C)n1cc(P(=O)(c2ccccc2)c2ccccc2)c(=O)n(C(C)(C)C)[p+]1=O. The van der Waals surface area contributed by atoms with Crippen molar-refractivity contribution in [3.05, 3.63) is 77.2 Å². The van der Waals surface area contributed by atoms with Crippen molar-refractivity contribution < 1.29 is 9.13 Å². The molecular weight excluding hydrogens is 404 g/mol. The first kappa shape index (κ1) is 21.3. The normalized spacial score (nSPS) is 12.7. The van der Waals surface area contributed by atoms with E-state index >= 15 is 0 Å². The summed E-state index contributed by atoms with van der Waals surface area (Å²) < 4.78 is 30.7. The summed E-state index contributed by atoms with van der Waals surface area (Å²) >= 11 is 0. The van der Waals surface area contributed by atoms with Crippen molar-refractivity contribution >= 4 is 30.8 Å². The van der Waals surface area contributed by atoms with Crippen LogP contribution in [0.1, 0.15) is 20.8 Å². The van der Waals surface area contributed by atoms with Gasteiger partial charge in [-0.25, -0.2) is 0 Å². The molecule has 6 nitrogen and oxygen atoms in total.